The van der Waals surface area contributed by atoms with Crippen LogP contribution in [0.4, 0.5) is 10.5 Å². The second-order valence-corrected chi connectivity index (χ2v) is 8.33. The van der Waals surface area contributed by atoms with Gasteiger partial charge in [0.1, 0.15) is 6.04 Å². The molecule has 2 heterocycles. The molecule has 0 aromatic heterocycles. The normalized spacial score (nSPS) is 24.9. The number of nitrogens with one attached hydrogen (secondary N) is 1. The van der Waals surface area contributed by atoms with Gasteiger partial charge in [0.2, 0.25) is 5.91 Å². The largest absolute Gasteiger partial charge is 0.342 e. The Balaban J connectivity index is 1.59. The lowest BCUT2D eigenvalue weighted by molar-refractivity contribution is -0.134. The highest BCUT2D eigenvalue weighted by atomic mass is 35.5. The molecule has 8 heteroatoms. The van der Waals surface area contributed by atoms with Gasteiger partial charge in [0.25, 0.3) is 5.91 Å². The summed E-state index contributed by atoms with van der Waals surface area (Å²) in [4.78, 5) is 40.3. The minimum Gasteiger partial charge on any atom is -0.342 e. The van der Waals surface area contributed by atoms with Crippen molar-refractivity contribution in [3.63, 3.8) is 0 Å². The summed E-state index contributed by atoms with van der Waals surface area (Å²) in [6.07, 6.45) is 1.25. The summed E-state index contributed by atoms with van der Waals surface area (Å²) in [7, 11) is 0. The van der Waals surface area contributed by atoms with Crippen LogP contribution in [-0.2, 0) is 9.59 Å². The van der Waals surface area contributed by atoms with E-state index in [0.717, 1.165) is 11.3 Å². The Bertz CT molecular complexity index is 750. The molecule has 3 N–H and O–H groups in total. The molecule has 0 saturated carbocycles. The minimum absolute atomic E-state index is 0.0121. The van der Waals surface area contributed by atoms with E-state index < -0.39 is 12.1 Å². The summed E-state index contributed by atoms with van der Waals surface area (Å²) < 4.78 is 0. The average molecular weight is 393 g/mol. The molecule has 1 aromatic rings. The van der Waals surface area contributed by atoms with E-state index in [0.29, 0.717) is 23.8 Å². The van der Waals surface area contributed by atoms with Crippen LogP contribution >= 0.6 is 11.6 Å². The third kappa shape index (κ3) is 4.09. The highest BCUT2D eigenvalue weighted by molar-refractivity contribution is 6.30. The van der Waals surface area contributed by atoms with Crippen LogP contribution in [0.5, 0.6) is 0 Å². The number of anilines is 1. The van der Waals surface area contributed by atoms with Crippen LogP contribution in [-0.4, -0.2) is 47.9 Å². The number of urea groups is 1. The molecule has 0 spiro atoms. The van der Waals surface area contributed by atoms with Gasteiger partial charge < -0.3 is 16.0 Å². The first-order valence-electron chi connectivity index (χ1n) is 9.12. The third-order valence-electron chi connectivity index (χ3n) is 5.42. The molecule has 3 rings (SSSR count). The van der Waals surface area contributed by atoms with Crippen molar-refractivity contribution in [1.29, 1.82) is 0 Å². The maximum Gasteiger partial charge on any atom is 0.329 e. The topological polar surface area (TPSA) is 95.7 Å². The lowest BCUT2D eigenvalue weighted by atomic mass is 9.79. The van der Waals surface area contributed by atoms with Crippen molar-refractivity contribution < 1.29 is 14.4 Å². The van der Waals surface area contributed by atoms with Crippen molar-refractivity contribution in [3.05, 3.63) is 29.3 Å². The summed E-state index contributed by atoms with van der Waals surface area (Å²) in [5, 5.41) is 3.19. The minimum atomic E-state index is -0.697. The van der Waals surface area contributed by atoms with Gasteiger partial charge in [-0.3, -0.25) is 9.59 Å². The molecule has 2 unspecified atom stereocenters. The van der Waals surface area contributed by atoms with Crippen LogP contribution in [0.1, 0.15) is 33.1 Å². The van der Waals surface area contributed by atoms with Gasteiger partial charge in [0.15, 0.2) is 0 Å². The quantitative estimate of drug-likeness (QED) is 0.767. The fourth-order valence-electron chi connectivity index (χ4n) is 3.57. The summed E-state index contributed by atoms with van der Waals surface area (Å²) in [5.41, 5.74) is 6.45. The fourth-order valence-corrected chi connectivity index (χ4v) is 3.70. The average Bonchev–Trinajstić information content (AvgIpc) is 2.90. The number of halogens is 1. The van der Waals surface area contributed by atoms with Crippen molar-refractivity contribution >= 4 is 35.1 Å². The van der Waals surface area contributed by atoms with E-state index in [4.69, 9.17) is 17.3 Å². The molecule has 2 saturated heterocycles. The molecular formula is C19H25ClN4O3. The molecular weight excluding hydrogens is 368 g/mol. The highest BCUT2D eigenvalue weighted by Crippen LogP contribution is 2.28. The number of benzene rings is 1. The second-order valence-electron chi connectivity index (χ2n) is 7.89. The molecule has 2 atom stereocenters. The molecule has 146 valence electrons. The number of hydrogen-bond donors (Lipinski definition) is 2. The van der Waals surface area contributed by atoms with E-state index in [1.54, 1.807) is 24.3 Å². The predicted molar refractivity (Wildman–Crippen MR) is 103 cm³/mol. The van der Waals surface area contributed by atoms with Crippen molar-refractivity contribution in [2.24, 2.45) is 11.1 Å². The Hall–Kier alpha value is -2.12. The van der Waals surface area contributed by atoms with E-state index in [9.17, 15) is 14.4 Å². The van der Waals surface area contributed by atoms with E-state index in [-0.39, 0.29) is 36.1 Å². The zero-order valence-corrected chi connectivity index (χ0v) is 16.3. The monoisotopic (exact) mass is 392 g/mol. The Kier molecular flexibility index (Phi) is 5.44. The molecule has 2 aliphatic rings. The zero-order valence-electron chi connectivity index (χ0n) is 15.6. The predicted octanol–water partition coefficient (Wildman–Crippen LogP) is 2.13. The Labute approximate surface area is 163 Å². The van der Waals surface area contributed by atoms with Crippen molar-refractivity contribution in [1.82, 2.24) is 10.2 Å². The van der Waals surface area contributed by atoms with Crippen LogP contribution in [0.15, 0.2) is 24.3 Å². The van der Waals surface area contributed by atoms with Gasteiger partial charge in [-0.15, -0.1) is 0 Å². The zero-order chi connectivity index (χ0) is 19.8. The number of likely N-dealkylation sites (tertiary alicyclic amines) is 1. The summed E-state index contributed by atoms with van der Waals surface area (Å²) in [5.74, 6) is -0.363. The number of carbonyl (C=O) groups is 3. The van der Waals surface area contributed by atoms with E-state index in [2.05, 4.69) is 19.2 Å². The van der Waals surface area contributed by atoms with Crippen LogP contribution < -0.4 is 16.0 Å². The summed E-state index contributed by atoms with van der Waals surface area (Å²) in [6.45, 7) is 5.35. The molecule has 2 fully saturated rings. The van der Waals surface area contributed by atoms with Gasteiger partial charge in [-0.2, -0.15) is 0 Å². The fraction of sp³-hybridized carbons (Fsp3) is 0.526. The lowest BCUT2D eigenvalue weighted by Gasteiger charge is -2.42. The van der Waals surface area contributed by atoms with E-state index in [1.165, 1.54) is 0 Å². The van der Waals surface area contributed by atoms with Crippen LogP contribution in [0.2, 0.25) is 5.02 Å². The first-order valence-corrected chi connectivity index (χ1v) is 9.50. The number of rotatable bonds is 4. The molecule has 27 heavy (non-hydrogen) atoms. The number of nitrogens with zero attached hydrogens (tertiary/aromatic N) is 2. The van der Waals surface area contributed by atoms with Crippen LogP contribution in [0.3, 0.4) is 0 Å². The Morgan fingerprint density at radius 1 is 1.30 bits per heavy atom. The molecule has 2 aliphatic heterocycles. The number of nitrogens with two attached hydrogens (primary N) is 1. The first-order chi connectivity index (χ1) is 12.7. The van der Waals surface area contributed by atoms with Gasteiger partial charge in [-0.05, 0) is 42.5 Å². The SMILES string of the molecule is CC1(C)CN(C(=O)CCC2NC(=O)N(c3ccc(Cl)cc3)C2=O)CCC1N. The number of imide groups is 1. The number of carbonyl (C=O) groups excluding carboxylic acids is 3. The summed E-state index contributed by atoms with van der Waals surface area (Å²) >= 11 is 5.85. The van der Waals surface area contributed by atoms with E-state index >= 15 is 0 Å². The standard InChI is InChI=1S/C19H25ClN4O3/c1-19(2)11-23(10-9-15(19)21)16(25)8-7-14-17(26)24(18(27)22-14)13-5-3-12(20)4-6-13/h3-6,14-15H,7-11,21H2,1-2H3,(H,22,27). The molecule has 0 aliphatic carbocycles. The third-order valence-corrected chi connectivity index (χ3v) is 5.67. The van der Waals surface area contributed by atoms with Gasteiger partial charge >= 0.3 is 6.03 Å². The molecule has 4 amide bonds. The molecule has 7 nitrogen and oxygen atoms in total. The van der Waals surface area contributed by atoms with Crippen molar-refractivity contribution in [2.75, 3.05) is 18.0 Å². The van der Waals surface area contributed by atoms with Crippen LogP contribution in [0, 0.1) is 5.41 Å². The van der Waals surface area contributed by atoms with Crippen molar-refractivity contribution in [3.8, 4) is 0 Å². The molecule has 1 aromatic carbocycles. The Morgan fingerprint density at radius 3 is 2.59 bits per heavy atom. The summed E-state index contributed by atoms with van der Waals surface area (Å²) in [6, 6.07) is 5.37. The van der Waals surface area contributed by atoms with E-state index in [1.807, 2.05) is 4.90 Å². The molecule has 0 bridgehead atoms. The van der Waals surface area contributed by atoms with Gasteiger partial charge in [-0.25, -0.2) is 9.69 Å². The number of hydrogen-bond acceptors (Lipinski definition) is 4. The van der Waals surface area contributed by atoms with Crippen LogP contribution in [0.25, 0.3) is 0 Å². The maximum atomic E-state index is 12.6. The second kappa shape index (κ2) is 7.48. The van der Waals surface area contributed by atoms with Gasteiger partial charge in [0, 0.05) is 30.6 Å². The number of piperidine rings is 1. The van der Waals surface area contributed by atoms with Gasteiger partial charge in [-0.1, -0.05) is 25.4 Å². The van der Waals surface area contributed by atoms with Crippen molar-refractivity contribution in [2.45, 2.75) is 45.2 Å². The first kappa shape index (κ1) is 19.6. The maximum absolute atomic E-state index is 12.6. The molecule has 0 radical (unpaired) electrons. The Morgan fingerprint density at radius 2 is 1.96 bits per heavy atom. The number of amides is 4. The smallest absolute Gasteiger partial charge is 0.329 e. The highest BCUT2D eigenvalue weighted by Gasteiger charge is 2.40. The van der Waals surface area contributed by atoms with Gasteiger partial charge in [0.05, 0.1) is 5.69 Å². The lowest BCUT2D eigenvalue weighted by Crippen LogP contribution is -2.54.